The minimum Gasteiger partial charge on any atom is -0.305 e. The fraction of sp³-hybridized carbons (Fsp3) is 0.333. The highest BCUT2D eigenvalue weighted by Gasteiger charge is 1.99. The number of benzene rings is 1. The van der Waals surface area contributed by atoms with Crippen molar-refractivity contribution < 1.29 is 0 Å². The van der Waals surface area contributed by atoms with E-state index in [9.17, 15) is 0 Å². The summed E-state index contributed by atoms with van der Waals surface area (Å²) in [7, 11) is 4.18. The highest BCUT2D eigenvalue weighted by molar-refractivity contribution is 5.66. The summed E-state index contributed by atoms with van der Waals surface area (Å²) in [4.78, 5) is 2.18. The quantitative estimate of drug-likeness (QED) is 0.682. The molecular formula is C12H17N. The Bertz CT molecular complexity index is 272. The summed E-state index contributed by atoms with van der Waals surface area (Å²) in [6.07, 6.45) is 2.18. The van der Waals surface area contributed by atoms with Crippen molar-refractivity contribution in [1.29, 1.82) is 0 Å². The molecule has 0 saturated carbocycles. The standard InChI is InChI=1S/C12H17N/c1-4-11(10-13(2)3)12-8-6-5-7-9-12/h4-9H,10H2,1-3H3/b11-4-. The second-order valence-electron chi connectivity index (χ2n) is 3.42. The highest BCUT2D eigenvalue weighted by atomic mass is 15.0. The first-order valence-electron chi connectivity index (χ1n) is 4.59. The summed E-state index contributed by atoms with van der Waals surface area (Å²) >= 11 is 0. The molecule has 0 atom stereocenters. The van der Waals surface area contributed by atoms with Crippen LogP contribution in [0.2, 0.25) is 0 Å². The lowest BCUT2D eigenvalue weighted by Crippen LogP contribution is -2.14. The van der Waals surface area contributed by atoms with E-state index in [2.05, 4.69) is 56.3 Å². The van der Waals surface area contributed by atoms with E-state index in [4.69, 9.17) is 0 Å². The molecule has 70 valence electrons. The number of rotatable bonds is 3. The Morgan fingerprint density at radius 1 is 1.23 bits per heavy atom. The molecular weight excluding hydrogens is 158 g/mol. The molecule has 0 aliphatic rings. The second-order valence-corrected chi connectivity index (χ2v) is 3.42. The van der Waals surface area contributed by atoms with Gasteiger partial charge in [-0.3, -0.25) is 0 Å². The fourth-order valence-corrected chi connectivity index (χ4v) is 1.34. The summed E-state index contributed by atoms with van der Waals surface area (Å²) in [5.74, 6) is 0. The van der Waals surface area contributed by atoms with E-state index in [-0.39, 0.29) is 0 Å². The second kappa shape index (κ2) is 4.83. The van der Waals surface area contributed by atoms with Crippen molar-refractivity contribution in [2.75, 3.05) is 20.6 Å². The molecule has 0 heterocycles. The van der Waals surface area contributed by atoms with Crippen LogP contribution in [0.4, 0.5) is 0 Å². The number of likely N-dealkylation sites (N-methyl/N-ethyl adjacent to an activating group) is 1. The van der Waals surface area contributed by atoms with Gasteiger partial charge in [-0.15, -0.1) is 0 Å². The molecule has 0 spiro atoms. The minimum absolute atomic E-state index is 1.00. The lowest BCUT2D eigenvalue weighted by atomic mass is 10.1. The van der Waals surface area contributed by atoms with Gasteiger partial charge in [-0.2, -0.15) is 0 Å². The van der Waals surface area contributed by atoms with Gasteiger partial charge >= 0.3 is 0 Å². The van der Waals surface area contributed by atoms with Gasteiger partial charge in [-0.1, -0.05) is 36.4 Å². The summed E-state index contributed by atoms with van der Waals surface area (Å²) in [5.41, 5.74) is 2.70. The molecule has 0 saturated heterocycles. The molecule has 0 aliphatic heterocycles. The van der Waals surface area contributed by atoms with Crippen LogP contribution in [0.5, 0.6) is 0 Å². The smallest absolute Gasteiger partial charge is 0.0230 e. The Morgan fingerprint density at radius 3 is 2.31 bits per heavy atom. The van der Waals surface area contributed by atoms with Crippen LogP contribution in [-0.2, 0) is 0 Å². The summed E-state index contributed by atoms with van der Waals surface area (Å²) < 4.78 is 0. The molecule has 1 rings (SSSR count). The van der Waals surface area contributed by atoms with Crippen molar-refractivity contribution >= 4 is 5.57 Å². The average molecular weight is 175 g/mol. The monoisotopic (exact) mass is 175 g/mol. The van der Waals surface area contributed by atoms with Crippen LogP contribution in [0, 0.1) is 0 Å². The molecule has 1 aromatic carbocycles. The number of hydrogen-bond donors (Lipinski definition) is 0. The zero-order valence-corrected chi connectivity index (χ0v) is 8.62. The molecule has 0 amide bonds. The van der Waals surface area contributed by atoms with Crippen molar-refractivity contribution in [2.45, 2.75) is 6.92 Å². The van der Waals surface area contributed by atoms with Crippen LogP contribution in [-0.4, -0.2) is 25.5 Å². The Hall–Kier alpha value is -1.08. The molecule has 0 radical (unpaired) electrons. The van der Waals surface area contributed by atoms with Gasteiger partial charge in [-0.05, 0) is 32.2 Å². The topological polar surface area (TPSA) is 3.24 Å². The van der Waals surface area contributed by atoms with Crippen molar-refractivity contribution in [2.24, 2.45) is 0 Å². The lowest BCUT2D eigenvalue weighted by molar-refractivity contribution is 0.463. The maximum Gasteiger partial charge on any atom is 0.0230 e. The van der Waals surface area contributed by atoms with Crippen molar-refractivity contribution in [3.05, 3.63) is 42.0 Å². The highest BCUT2D eigenvalue weighted by Crippen LogP contribution is 2.13. The molecule has 0 bridgehead atoms. The maximum absolute atomic E-state index is 2.18. The first kappa shape index (κ1) is 10.0. The molecule has 0 N–H and O–H groups in total. The lowest BCUT2D eigenvalue weighted by Gasteiger charge is -2.13. The number of allylic oxidation sites excluding steroid dienone is 1. The summed E-state index contributed by atoms with van der Waals surface area (Å²) in [6.45, 7) is 3.09. The molecule has 0 fully saturated rings. The number of nitrogens with zero attached hydrogens (tertiary/aromatic N) is 1. The van der Waals surface area contributed by atoms with Gasteiger partial charge in [0.2, 0.25) is 0 Å². The van der Waals surface area contributed by atoms with E-state index in [1.807, 2.05) is 6.07 Å². The Morgan fingerprint density at radius 2 is 1.85 bits per heavy atom. The molecule has 13 heavy (non-hydrogen) atoms. The molecule has 0 aromatic heterocycles. The largest absolute Gasteiger partial charge is 0.305 e. The van der Waals surface area contributed by atoms with E-state index in [0.29, 0.717) is 0 Å². The molecule has 1 aromatic rings. The Balaban J connectivity index is 2.80. The van der Waals surface area contributed by atoms with Crippen LogP contribution in [0.3, 0.4) is 0 Å². The third-order valence-corrected chi connectivity index (χ3v) is 1.98. The van der Waals surface area contributed by atoms with E-state index in [1.165, 1.54) is 11.1 Å². The van der Waals surface area contributed by atoms with Crippen LogP contribution < -0.4 is 0 Å². The van der Waals surface area contributed by atoms with Crippen molar-refractivity contribution in [3.8, 4) is 0 Å². The molecule has 1 nitrogen and oxygen atoms in total. The van der Waals surface area contributed by atoms with Crippen LogP contribution in [0.25, 0.3) is 5.57 Å². The Labute approximate surface area is 80.7 Å². The summed E-state index contributed by atoms with van der Waals surface area (Å²) in [6, 6.07) is 10.5. The van der Waals surface area contributed by atoms with Crippen LogP contribution >= 0.6 is 0 Å². The van der Waals surface area contributed by atoms with Gasteiger partial charge in [-0.25, -0.2) is 0 Å². The maximum atomic E-state index is 2.18. The molecule has 1 heteroatoms. The van der Waals surface area contributed by atoms with Gasteiger partial charge < -0.3 is 4.90 Å². The van der Waals surface area contributed by atoms with Crippen molar-refractivity contribution in [1.82, 2.24) is 4.90 Å². The van der Waals surface area contributed by atoms with E-state index in [1.54, 1.807) is 0 Å². The first-order chi connectivity index (χ1) is 6.24. The SMILES string of the molecule is C/C=C(/CN(C)C)c1ccccc1. The third kappa shape index (κ3) is 3.03. The molecule has 0 unspecified atom stereocenters. The third-order valence-electron chi connectivity index (χ3n) is 1.98. The minimum atomic E-state index is 1.00. The van der Waals surface area contributed by atoms with Gasteiger partial charge in [0, 0.05) is 6.54 Å². The normalized spacial score (nSPS) is 12.2. The van der Waals surface area contributed by atoms with E-state index < -0.39 is 0 Å². The predicted octanol–water partition coefficient (Wildman–Crippen LogP) is 2.65. The Kier molecular flexibility index (Phi) is 3.71. The first-order valence-corrected chi connectivity index (χ1v) is 4.59. The van der Waals surface area contributed by atoms with E-state index in [0.717, 1.165) is 6.54 Å². The van der Waals surface area contributed by atoms with Gasteiger partial charge in [0.1, 0.15) is 0 Å². The van der Waals surface area contributed by atoms with Crippen molar-refractivity contribution in [3.63, 3.8) is 0 Å². The van der Waals surface area contributed by atoms with Crippen LogP contribution in [0.15, 0.2) is 36.4 Å². The average Bonchev–Trinajstić information content (AvgIpc) is 2.15. The van der Waals surface area contributed by atoms with E-state index >= 15 is 0 Å². The van der Waals surface area contributed by atoms with Gasteiger partial charge in [0.25, 0.3) is 0 Å². The zero-order chi connectivity index (χ0) is 9.68. The van der Waals surface area contributed by atoms with Gasteiger partial charge in [0.05, 0.1) is 0 Å². The summed E-state index contributed by atoms with van der Waals surface area (Å²) in [5, 5.41) is 0. The van der Waals surface area contributed by atoms with Crippen LogP contribution in [0.1, 0.15) is 12.5 Å². The molecule has 0 aliphatic carbocycles. The zero-order valence-electron chi connectivity index (χ0n) is 8.62. The fourth-order valence-electron chi connectivity index (χ4n) is 1.34. The predicted molar refractivity (Wildman–Crippen MR) is 58.6 cm³/mol. The number of hydrogen-bond acceptors (Lipinski definition) is 1. The van der Waals surface area contributed by atoms with Gasteiger partial charge in [0.15, 0.2) is 0 Å².